The van der Waals surface area contributed by atoms with Crippen LogP contribution in [0.25, 0.3) is 11.1 Å². The van der Waals surface area contributed by atoms with Crippen molar-refractivity contribution >= 4 is 45.5 Å². The lowest BCUT2D eigenvalue weighted by Crippen LogP contribution is -2.43. The fourth-order valence-electron chi connectivity index (χ4n) is 6.28. The number of fused-ring (bicyclic) bond motifs is 3. The summed E-state index contributed by atoms with van der Waals surface area (Å²) in [5.74, 6) is -1.01. The Labute approximate surface area is 246 Å². The van der Waals surface area contributed by atoms with Crippen LogP contribution in [0, 0.1) is 11.6 Å². The zero-order valence-corrected chi connectivity index (χ0v) is 23.4. The second-order valence-corrected chi connectivity index (χ2v) is 11.4. The maximum atomic E-state index is 14.8. The zero-order valence-electron chi connectivity index (χ0n) is 22.6. The van der Waals surface area contributed by atoms with Crippen LogP contribution < -0.4 is 10.6 Å². The normalized spacial score (nSPS) is 21.2. The Morgan fingerprint density at radius 1 is 1.05 bits per heavy atom. The lowest BCUT2D eigenvalue weighted by Gasteiger charge is -2.24. The summed E-state index contributed by atoms with van der Waals surface area (Å²) in [6.45, 7) is 2.53. The Kier molecular flexibility index (Phi) is 6.71. The molecule has 7 rings (SSSR count). The average Bonchev–Trinajstić information content (AvgIpc) is 3.60. The number of carbonyl (C=O) groups excluding carboxylic acids is 1. The second kappa shape index (κ2) is 10.6. The van der Waals surface area contributed by atoms with Gasteiger partial charge in [-0.15, -0.1) is 0 Å². The molecule has 7 nitrogen and oxygen atoms in total. The van der Waals surface area contributed by atoms with Crippen molar-refractivity contribution in [2.24, 2.45) is 4.99 Å². The van der Waals surface area contributed by atoms with E-state index in [1.54, 1.807) is 12.4 Å². The molecule has 1 amide bonds. The van der Waals surface area contributed by atoms with E-state index >= 15 is 0 Å². The molecular weight excluding hydrogens is 558 g/mol. The number of hydrogen-bond acceptors (Lipinski definition) is 6. The number of hydrogen-bond donors (Lipinski definition) is 2. The van der Waals surface area contributed by atoms with E-state index in [1.165, 1.54) is 24.3 Å². The molecule has 1 atom stereocenters. The van der Waals surface area contributed by atoms with Crippen molar-refractivity contribution in [3.05, 3.63) is 107 Å². The predicted molar refractivity (Wildman–Crippen MR) is 160 cm³/mol. The molecule has 2 saturated heterocycles. The van der Waals surface area contributed by atoms with Gasteiger partial charge in [0.2, 0.25) is 5.95 Å². The molecule has 1 spiro atoms. The predicted octanol–water partition coefficient (Wildman–Crippen LogP) is 6.02. The van der Waals surface area contributed by atoms with Gasteiger partial charge in [0.15, 0.2) is 0 Å². The van der Waals surface area contributed by atoms with Crippen molar-refractivity contribution in [1.29, 1.82) is 0 Å². The highest BCUT2D eigenvalue weighted by atomic mass is 35.5. The minimum atomic E-state index is -0.690. The lowest BCUT2D eigenvalue weighted by molar-refractivity contribution is 0.0782. The van der Waals surface area contributed by atoms with Crippen molar-refractivity contribution in [3.63, 3.8) is 0 Å². The molecule has 3 aromatic rings. The highest BCUT2D eigenvalue weighted by molar-refractivity contribution is 6.69. The van der Waals surface area contributed by atoms with Gasteiger partial charge < -0.3 is 15.5 Å². The van der Waals surface area contributed by atoms with Crippen LogP contribution in [0.1, 0.15) is 46.4 Å². The smallest absolute Gasteiger partial charge is 0.253 e. The quantitative estimate of drug-likeness (QED) is 0.392. The highest BCUT2D eigenvalue weighted by Crippen LogP contribution is 2.41. The fraction of sp³-hybridized carbons (Fsp3) is 0.250. The molecule has 10 heteroatoms. The van der Waals surface area contributed by atoms with Gasteiger partial charge in [0.1, 0.15) is 16.8 Å². The number of carbonyl (C=O) groups is 1. The Morgan fingerprint density at radius 2 is 1.86 bits per heavy atom. The van der Waals surface area contributed by atoms with Crippen molar-refractivity contribution in [1.82, 2.24) is 20.2 Å². The number of aromatic nitrogens is 2. The number of nitrogens with zero attached hydrogens (tertiary/aromatic N) is 4. The minimum Gasteiger partial charge on any atom is -0.337 e. The van der Waals surface area contributed by atoms with Gasteiger partial charge in [-0.05, 0) is 85.8 Å². The van der Waals surface area contributed by atoms with Crippen LogP contribution in [0.5, 0.6) is 0 Å². The molecular formula is C32H27ClF2N6O. The van der Waals surface area contributed by atoms with E-state index < -0.39 is 11.6 Å². The van der Waals surface area contributed by atoms with Crippen LogP contribution in [0.15, 0.2) is 77.6 Å². The molecule has 42 heavy (non-hydrogen) atoms. The van der Waals surface area contributed by atoms with Gasteiger partial charge in [0.25, 0.3) is 5.91 Å². The summed E-state index contributed by atoms with van der Waals surface area (Å²) in [6, 6.07) is 11.0. The van der Waals surface area contributed by atoms with Gasteiger partial charge in [-0.2, -0.15) is 0 Å². The van der Waals surface area contributed by atoms with Gasteiger partial charge in [0.05, 0.1) is 11.3 Å². The van der Waals surface area contributed by atoms with E-state index in [2.05, 4.69) is 20.6 Å². The third kappa shape index (κ3) is 4.82. The summed E-state index contributed by atoms with van der Waals surface area (Å²) in [6.07, 6.45) is 10.4. The number of benzene rings is 2. The lowest BCUT2D eigenvalue weighted by atomic mass is 9.84. The number of aliphatic imine (C=N–C) groups is 1. The van der Waals surface area contributed by atoms with Gasteiger partial charge in [-0.1, -0.05) is 23.7 Å². The van der Waals surface area contributed by atoms with Crippen molar-refractivity contribution in [3.8, 4) is 0 Å². The molecule has 0 saturated carbocycles. The van der Waals surface area contributed by atoms with Crippen LogP contribution in [-0.2, 0) is 6.42 Å². The third-order valence-corrected chi connectivity index (χ3v) is 8.61. The van der Waals surface area contributed by atoms with Gasteiger partial charge in [0, 0.05) is 53.4 Å². The number of amides is 1. The van der Waals surface area contributed by atoms with Gasteiger partial charge >= 0.3 is 0 Å². The maximum Gasteiger partial charge on any atom is 0.253 e. The number of allylic oxidation sites excluding steroid dienone is 5. The zero-order chi connectivity index (χ0) is 28.8. The summed E-state index contributed by atoms with van der Waals surface area (Å²) in [7, 11) is 0. The Hall–Kier alpha value is -4.21. The first kappa shape index (κ1) is 26.7. The summed E-state index contributed by atoms with van der Waals surface area (Å²) in [4.78, 5) is 28.6. The molecule has 0 bridgehead atoms. The molecule has 1 aromatic heterocycles. The summed E-state index contributed by atoms with van der Waals surface area (Å²) in [5, 5.41) is 6.90. The topological polar surface area (TPSA) is 82.5 Å². The van der Waals surface area contributed by atoms with E-state index in [-0.39, 0.29) is 22.2 Å². The summed E-state index contributed by atoms with van der Waals surface area (Å²) < 4.78 is 29.6. The highest BCUT2D eigenvalue weighted by Gasteiger charge is 2.41. The number of rotatable bonds is 4. The van der Waals surface area contributed by atoms with E-state index in [0.29, 0.717) is 40.3 Å². The number of nitrogens with one attached hydrogen (secondary N) is 2. The Bertz CT molecular complexity index is 1700. The standard InChI is InChI=1S/C32H27ClF2N6O/c33-27-15-23(28-25(34)3-1-4-26(28)35)22-10-7-20-16-37-31(40-29(20)24(22)17-36-27)39-21-8-5-19(6-9-21)30(42)41-14-12-32(18-41)11-2-13-38-32/h1,3-6,8-10,15-17,38H,2,7,11-14,18H2,(H,37,39,40). The van der Waals surface area contributed by atoms with E-state index in [1.807, 2.05) is 35.2 Å². The van der Waals surface area contributed by atoms with E-state index in [4.69, 9.17) is 16.6 Å². The van der Waals surface area contributed by atoms with Crippen LogP contribution in [0.4, 0.5) is 20.4 Å². The van der Waals surface area contributed by atoms with Crippen LogP contribution >= 0.6 is 11.6 Å². The monoisotopic (exact) mass is 584 g/mol. The molecule has 4 aliphatic rings. The van der Waals surface area contributed by atoms with E-state index in [9.17, 15) is 13.6 Å². The number of halogens is 3. The second-order valence-electron chi connectivity index (χ2n) is 11.0. The third-order valence-electron chi connectivity index (χ3n) is 8.40. The molecule has 1 unspecified atom stereocenters. The largest absolute Gasteiger partial charge is 0.337 e. The van der Waals surface area contributed by atoms with Gasteiger partial charge in [-0.3, -0.25) is 4.79 Å². The van der Waals surface area contributed by atoms with Crippen LogP contribution in [0.2, 0.25) is 0 Å². The first-order chi connectivity index (χ1) is 20.4. The molecule has 2 fully saturated rings. The van der Waals surface area contributed by atoms with Crippen molar-refractivity contribution in [2.45, 2.75) is 31.2 Å². The average molecular weight is 585 g/mol. The van der Waals surface area contributed by atoms with Crippen molar-refractivity contribution < 1.29 is 13.6 Å². The first-order valence-corrected chi connectivity index (χ1v) is 14.4. The van der Waals surface area contributed by atoms with Crippen LogP contribution in [-0.4, -0.2) is 51.1 Å². The first-order valence-electron chi connectivity index (χ1n) is 14.0. The molecule has 212 valence electrons. The summed E-state index contributed by atoms with van der Waals surface area (Å²) in [5.41, 5.74) is 4.19. The molecule has 2 aromatic carbocycles. The van der Waals surface area contributed by atoms with Gasteiger partial charge in [-0.25, -0.2) is 23.7 Å². The minimum absolute atomic E-state index is 0.0335. The van der Waals surface area contributed by atoms with Crippen LogP contribution in [0.3, 0.4) is 0 Å². The molecule has 3 aliphatic heterocycles. The molecule has 2 N–H and O–H groups in total. The number of anilines is 2. The summed E-state index contributed by atoms with van der Waals surface area (Å²) >= 11 is 6.29. The molecule has 1 aliphatic carbocycles. The Balaban J connectivity index is 1.12. The van der Waals surface area contributed by atoms with Crippen molar-refractivity contribution in [2.75, 3.05) is 25.0 Å². The number of likely N-dealkylation sites (tertiary alicyclic amines) is 1. The molecule has 4 heterocycles. The SMILES string of the molecule is O=C(c1ccc(Nc2ncc3c(n2)C2=CN=C(Cl)C=C(c4c(F)cccc4F)C2=CC3)cc1)N1CCC2(CCCN2)C1. The maximum absolute atomic E-state index is 14.8. The fourth-order valence-corrected chi connectivity index (χ4v) is 6.44. The Morgan fingerprint density at radius 3 is 2.62 bits per heavy atom. The van der Waals surface area contributed by atoms with E-state index in [0.717, 1.165) is 50.1 Å². The molecule has 0 radical (unpaired) electrons.